The summed E-state index contributed by atoms with van der Waals surface area (Å²) in [6.45, 7) is 2.40. The SMILES string of the molecule is Cc1nc2c(F)cc(P3(=O)CCOCC3)cc2c(=O)[nH]1. The molecule has 0 spiro atoms. The summed E-state index contributed by atoms with van der Waals surface area (Å²) in [5.41, 5.74) is -0.386. The lowest BCUT2D eigenvalue weighted by Gasteiger charge is -2.23. The van der Waals surface area contributed by atoms with Crippen molar-refractivity contribution in [3.05, 3.63) is 34.1 Å². The lowest BCUT2D eigenvalue weighted by Crippen LogP contribution is -2.23. The second-order valence-electron chi connectivity index (χ2n) is 4.92. The molecule has 1 aromatic carbocycles. The first-order valence-corrected chi connectivity index (χ1v) is 8.44. The Morgan fingerprint density at radius 2 is 2.05 bits per heavy atom. The molecule has 1 saturated heterocycles. The molecule has 1 N–H and O–H groups in total. The van der Waals surface area contributed by atoms with Gasteiger partial charge in [-0.2, -0.15) is 0 Å². The molecule has 0 atom stereocenters. The maximum atomic E-state index is 14.2. The summed E-state index contributed by atoms with van der Waals surface area (Å²) in [5, 5.41) is 0.550. The molecule has 0 saturated carbocycles. The molecule has 0 aliphatic carbocycles. The first-order chi connectivity index (χ1) is 9.49. The van der Waals surface area contributed by atoms with E-state index in [1.54, 1.807) is 6.92 Å². The fourth-order valence-electron chi connectivity index (χ4n) is 2.43. The monoisotopic (exact) mass is 296 g/mol. The lowest BCUT2D eigenvalue weighted by atomic mass is 10.2. The normalized spacial score (nSPS) is 18.3. The molecule has 7 heteroatoms. The van der Waals surface area contributed by atoms with Gasteiger partial charge in [0.1, 0.15) is 24.3 Å². The van der Waals surface area contributed by atoms with Gasteiger partial charge in [0.15, 0.2) is 0 Å². The van der Waals surface area contributed by atoms with Crippen LogP contribution >= 0.6 is 7.14 Å². The molecular weight excluding hydrogens is 282 g/mol. The highest BCUT2D eigenvalue weighted by Gasteiger charge is 2.29. The van der Waals surface area contributed by atoms with Crippen molar-refractivity contribution in [2.45, 2.75) is 6.92 Å². The zero-order valence-corrected chi connectivity index (χ0v) is 11.9. The largest absolute Gasteiger partial charge is 0.380 e. The van der Waals surface area contributed by atoms with Crippen LogP contribution in [0.3, 0.4) is 0 Å². The van der Waals surface area contributed by atoms with Crippen LogP contribution in [0.4, 0.5) is 4.39 Å². The average Bonchev–Trinajstić information content (AvgIpc) is 2.40. The van der Waals surface area contributed by atoms with Gasteiger partial charge in [0.25, 0.3) is 5.56 Å². The highest BCUT2D eigenvalue weighted by molar-refractivity contribution is 7.71. The Balaban J connectivity index is 2.24. The second-order valence-corrected chi connectivity index (χ2v) is 8.11. The molecule has 106 valence electrons. The van der Waals surface area contributed by atoms with Gasteiger partial charge in [0.2, 0.25) is 0 Å². The van der Waals surface area contributed by atoms with Crippen molar-refractivity contribution < 1.29 is 13.7 Å². The number of nitrogens with zero attached hydrogens (tertiary/aromatic N) is 1. The molecule has 1 fully saturated rings. The number of halogens is 1. The molecule has 20 heavy (non-hydrogen) atoms. The fourth-order valence-corrected chi connectivity index (χ4v) is 4.73. The third-order valence-electron chi connectivity index (χ3n) is 3.53. The van der Waals surface area contributed by atoms with E-state index < -0.39 is 18.5 Å². The number of hydrogen-bond acceptors (Lipinski definition) is 4. The Kier molecular flexibility index (Phi) is 3.22. The molecule has 2 heterocycles. The minimum Gasteiger partial charge on any atom is -0.380 e. The number of hydrogen-bond donors (Lipinski definition) is 1. The Morgan fingerprint density at radius 1 is 1.35 bits per heavy atom. The van der Waals surface area contributed by atoms with Crippen molar-refractivity contribution in [1.82, 2.24) is 9.97 Å². The van der Waals surface area contributed by atoms with Gasteiger partial charge in [-0.05, 0) is 19.1 Å². The number of aromatic nitrogens is 2. The van der Waals surface area contributed by atoms with Crippen LogP contribution in [-0.4, -0.2) is 35.5 Å². The summed E-state index contributed by atoms with van der Waals surface area (Å²) in [4.78, 5) is 18.4. The van der Waals surface area contributed by atoms with Gasteiger partial charge in [0.05, 0.1) is 18.6 Å². The van der Waals surface area contributed by atoms with Gasteiger partial charge in [-0.1, -0.05) is 0 Å². The van der Waals surface area contributed by atoms with Crippen molar-refractivity contribution in [1.29, 1.82) is 0 Å². The number of ether oxygens (including phenoxy) is 1. The Labute approximate surface area is 114 Å². The van der Waals surface area contributed by atoms with Crippen molar-refractivity contribution in [3.63, 3.8) is 0 Å². The van der Waals surface area contributed by atoms with Crippen LogP contribution in [0.15, 0.2) is 16.9 Å². The summed E-state index contributed by atoms with van der Waals surface area (Å²) in [6.07, 6.45) is 0.768. The number of benzene rings is 1. The molecule has 0 amide bonds. The topological polar surface area (TPSA) is 72.0 Å². The van der Waals surface area contributed by atoms with Crippen molar-refractivity contribution in [2.75, 3.05) is 25.5 Å². The highest BCUT2D eigenvalue weighted by Crippen LogP contribution is 2.46. The van der Waals surface area contributed by atoms with E-state index in [4.69, 9.17) is 4.74 Å². The number of rotatable bonds is 1. The summed E-state index contributed by atoms with van der Waals surface area (Å²) < 4.78 is 32.2. The molecule has 2 aromatic rings. The van der Waals surface area contributed by atoms with E-state index in [9.17, 15) is 13.8 Å². The number of aryl methyl sites for hydroxylation is 1. The summed E-state index contributed by atoms with van der Waals surface area (Å²) in [5.74, 6) is -0.250. The number of aromatic amines is 1. The van der Waals surface area contributed by atoms with Crippen molar-refractivity contribution >= 4 is 23.3 Å². The minimum atomic E-state index is -2.67. The number of H-pyrrole nitrogens is 1. The van der Waals surface area contributed by atoms with Crippen LogP contribution in [-0.2, 0) is 9.30 Å². The molecule has 1 aromatic heterocycles. The van der Waals surface area contributed by atoms with Crippen LogP contribution in [0.25, 0.3) is 10.9 Å². The van der Waals surface area contributed by atoms with Gasteiger partial charge < -0.3 is 14.3 Å². The molecule has 5 nitrogen and oxygen atoms in total. The number of nitrogens with one attached hydrogen (secondary N) is 1. The summed E-state index contributed by atoms with van der Waals surface area (Å²) in [7, 11) is -2.67. The smallest absolute Gasteiger partial charge is 0.258 e. The van der Waals surface area contributed by atoms with Crippen LogP contribution in [0.5, 0.6) is 0 Å². The highest BCUT2D eigenvalue weighted by atomic mass is 31.2. The molecule has 1 aliphatic heterocycles. The van der Waals surface area contributed by atoms with Gasteiger partial charge in [-0.15, -0.1) is 0 Å². The number of fused-ring (bicyclic) bond motifs is 1. The maximum absolute atomic E-state index is 14.2. The average molecular weight is 296 g/mol. The standard InChI is InChI=1S/C13H14FN2O3P/c1-8-15-12-10(13(17)16-8)6-9(7-11(12)14)20(18)4-2-19-3-5-20/h6-7H,2-5H2,1H3,(H,15,16,17). The molecule has 1 aliphatic rings. The molecule has 3 rings (SSSR count). The van der Waals surface area contributed by atoms with Crippen LogP contribution < -0.4 is 10.9 Å². The zero-order chi connectivity index (χ0) is 14.3. The summed E-state index contributed by atoms with van der Waals surface area (Å²) >= 11 is 0. The van der Waals surface area contributed by atoms with E-state index in [0.717, 1.165) is 0 Å². The quantitative estimate of drug-likeness (QED) is 0.807. The van der Waals surface area contributed by atoms with E-state index in [1.807, 2.05) is 0 Å². The van der Waals surface area contributed by atoms with E-state index in [-0.39, 0.29) is 10.9 Å². The van der Waals surface area contributed by atoms with Gasteiger partial charge in [0, 0.05) is 17.6 Å². The maximum Gasteiger partial charge on any atom is 0.258 e. The van der Waals surface area contributed by atoms with Crippen molar-refractivity contribution in [3.8, 4) is 0 Å². The second kappa shape index (κ2) is 4.79. The molecule has 0 radical (unpaired) electrons. The Morgan fingerprint density at radius 3 is 2.75 bits per heavy atom. The van der Waals surface area contributed by atoms with E-state index >= 15 is 0 Å². The van der Waals surface area contributed by atoms with E-state index in [1.165, 1.54) is 12.1 Å². The van der Waals surface area contributed by atoms with Gasteiger partial charge >= 0.3 is 0 Å². The van der Waals surface area contributed by atoms with E-state index in [2.05, 4.69) is 9.97 Å². The predicted octanol–water partition coefficient (Wildman–Crippen LogP) is 1.39. The lowest BCUT2D eigenvalue weighted by molar-refractivity contribution is 0.156. The Hall–Kier alpha value is -1.52. The van der Waals surface area contributed by atoms with Gasteiger partial charge in [-0.25, -0.2) is 9.37 Å². The molecule has 0 bridgehead atoms. The fraction of sp³-hybridized carbons (Fsp3) is 0.385. The van der Waals surface area contributed by atoms with Crippen molar-refractivity contribution in [2.24, 2.45) is 0 Å². The first-order valence-electron chi connectivity index (χ1n) is 6.36. The third kappa shape index (κ3) is 2.19. The van der Waals surface area contributed by atoms with Crippen LogP contribution in [0.1, 0.15) is 5.82 Å². The van der Waals surface area contributed by atoms with Gasteiger partial charge in [-0.3, -0.25) is 4.79 Å². The third-order valence-corrected chi connectivity index (χ3v) is 6.54. The predicted molar refractivity (Wildman–Crippen MR) is 74.9 cm³/mol. The van der Waals surface area contributed by atoms with Crippen LogP contribution in [0.2, 0.25) is 0 Å². The zero-order valence-electron chi connectivity index (χ0n) is 11.0. The van der Waals surface area contributed by atoms with E-state index in [0.29, 0.717) is 36.7 Å². The first kappa shape index (κ1) is 13.5. The minimum absolute atomic E-state index is 0.0230. The molecule has 0 unspecified atom stereocenters. The molecular formula is C13H14FN2O3P. The van der Waals surface area contributed by atoms with Crippen LogP contribution in [0, 0.1) is 12.7 Å². The summed E-state index contributed by atoms with van der Waals surface area (Å²) in [6, 6.07) is 2.76. The Bertz CT molecular complexity index is 777.